The number of carbonyl (C=O) groups is 1. The molecule has 0 amide bonds. The third kappa shape index (κ3) is 3.12. The second-order valence-electron chi connectivity index (χ2n) is 5.65. The van der Waals surface area contributed by atoms with E-state index in [9.17, 15) is 9.90 Å². The van der Waals surface area contributed by atoms with E-state index in [1.165, 1.54) is 6.42 Å². The molecule has 1 aromatic carbocycles. The summed E-state index contributed by atoms with van der Waals surface area (Å²) in [6.07, 6.45) is 3.90. The molecule has 1 unspecified atom stereocenters. The van der Waals surface area contributed by atoms with E-state index < -0.39 is 11.5 Å². The highest BCUT2D eigenvalue weighted by Gasteiger charge is 2.39. The van der Waals surface area contributed by atoms with Gasteiger partial charge in [-0.3, -0.25) is 9.69 Å². The fourth-order valence-corrected chi connectivity index (χ4v) is 2.85. The Morgan fingerprint density at radius 3 is 2.35 bits per heavy atom. The Labute approximate surface area is 120 Å². The smallest absolute Gasteiger partial charge is 0.324 e. The van der Waals surface area contributed by atoms with Gasteiger partial charge in [0.25, 0.3) is 0 Å². The lowest BCUT2D eigenvalue weighted by molar-refractivity contribution is -0.151. The van der Waals surface area contributed by atoms with E-state index in [4.69, 9.17) is 4.74 Å². The molecule has 1 heterocycles. The number of hydrogen-bond acceptors (Lipinski definition) is 3. The Morgan fingerprint density at radius 2 is 1.85 bits per heavy atom. The lowest BCUT2D eigenvalue weighted by Crippen LogP contribution is -2.55. The molecule has 4 nitrogen and oxygen atoms in total. The van der Waals surface area contributed by atoms with Gasteiger partial charge in [-0.1, -0.05) is 18.6 Å². The Morgan fingerprint density at radius 1 is 1.25 bits per heavy atom. The Hall–Kier alpha value is -1.55. The van der Waals surface area contributed by atoms with Crippen molar-refractivity contribution in [2.75, 3.05) is 20.2 Å². The molecule has 1 atom stereocenters. The highest BCUT2D eigenvalue weighted by Crippen LogP contribution is 2.26. The van der Waals surface area contributed by atoms with Gasteiger partial charge in [-0.05, 0) is 50.6 Å². The summed E-state index contributed by atoms with van der Waals surface area (Å²) in [4.78, 5) is 13.9. The number of aliphatic carboxylic acids is 1. The number of piperidine rings is 1. The topological polar surface area (TPSA) is 49.8 Å². The van der Waals surface area contributed by atoms with Gasteiger partial charge in [0.2, 0.25) is 0 Å². The maximum absolute atomic E-state index is 11.8. The van der Waals surface area contributed by atoms with E-state index >= 15 is 0 Å². The lowest BCUT2D eigenvalue weighted by Gasteiger charge is -2.40. The third-order valence-electron chi connectivity index (χ3n) is 4.22. The summed E-state index contributed by atoms with van der Waals surface area (Å²) in [6, 6.07) is 7.66. The van der Waals surface area contributed by atoms with Gasteiger partial charge in [0.15, 0.2) is 0 Å². The number of rotatable bonds is 5. The van der Waals surface area contributed by atoms with Crippen LogP contribution in [0.25, 0.3) is 0 Å². The number of carboxylic acid groups (broad SMARTS) is 1. The van der Waals surface area contributed by atoms with E-state index in [0.29, 0.717) is 6.42 Å². The molecule has 0 saturated carbocycles. The highest BCUT2D eigenvalue weighted by atomic mass is 16.5. The zero-order valence-corrected chi connectivity index (χ0v) is 12.3. The summed E-state index contributed by atoms with van der Waals surface area (Å²) in [5.41, 5.74) is 0.205. The lowest BCUT2D eigenvalue weighted by atomic mass is 9.89. The van der Waals surface area contributed by atoms with Gasteiger partial charge in [0.1, 0.15) is 11.3 Å². The molecule has 1 aliphatic rings. The standard InChI is InChI=1S/C16H23NO3/c1-16(15(18)19,17-10-4-3-5-11-17)12-13-6-8-14(20-2)9-7-13/h6-9H,3-5,10-12H2,1-2H3,(H,18,19). The number of carboxylic acids is 1. The monoisotopic (exact) mass is 277 g/mol. The molecule has 1 saturated heterocycles. The minimum Gasteiger partial charge on any atom is -0.497 e. The van der Waals surface area contributed by atoms with Gasteiger partial charge < -0.3 is 9.84 Å². The Balaban J connectivity index is 2.16. The molecule has 0 aromatic heterocycles. The first-order valence-electron chi connectivity index (χ1n) is 7.17. The molecule has 1 N–H and O–H groups in total. The van der Waals surface area contributed by atoms with Crippen LogP contribution in [0.3, 0.4) is 0 Å². The first kappa shape index (κ1) is 14.9. The maximum atomic E-state index is 11.8. The number of methoxy groups -OCH3 is 1. The van der Waals surface area contributed by atoms with Gasteiger partial charge in [-0.25, -0.2) is 0 Å². The number of hydrogen-bond donors (Lipinski definition) is 1. The molecule has 0 spiro atoms. The first-order chi connectivity index (χ1) is 9.56. The molecule has 0 aliphatic carbocycles. The summed E-state index contributed by atoms with van der Waals surface area (Å²) in [5, 5.41) is 9.68. The Bertz CT molecular complexity index is 451. The summed E-state index contributed by atoms with van der Waals surface area (Å²) < 4.78 is 5.14. The van der Waals surface area contributed by atoms with Gasteiger partial charge in [-0.15, -0.1) is 0 Å². The van der Waals surface area contributed by atoms with Crippen LogP contribution < -0.4 is 4.74 Å². The molecular weight excluding hydrogens is 254 g/mol. The summed E-state index contributed by atoms with van der Waals surface area (Å²) in [5.74, 6) is 0.0546. The predicted octanol–water partition coefficient (Wildman–Crippen LogP) is 2.57. The van der Waals surface area contributed by atoms with Crippen molar-refractivity contribution in [2.24, 2.45) is 0 Å². The SMILES string of the molecule is COc1ccc(CC(C)(C(=O)O)N2CCCCC2)cc1. The van der Waals surface area contributed by atoms with Crippen molar-refractivity contribution in [1.29, 1.82) is 0 Å². The molecule has 0 radical (unpaired) electrons. The molecular formula is C16H23NO3. The van der Waals surface area contributed by atoms with E-state index in [0.717, 1.165) is 37.2 Å². The number of ether oxygens (including phenoxy) is 1. The molecule has 20 heavy (non-hydrogen) atoms. The number of benzene rings is 1. The van der Waals surface area contributed by atoms with Crippen LogP contribution in [0.2, 0.25) is 0 Å². The van der Waals surface area contributed by atoms with Gasteiger partial charge >= 0.3 is 5.97 Å². The average molecular weight is 277 g/mol. The molecule has 110 valence electrons. The fourth-order valence-electron chi connectivity index (χ4n) is 2.85. The van der Waals surface area contributed by atoms with Crippen LogP contribution in [-0.2, 0) is 11.2 Å². The molecule has 4 heteroatoms. The van der Waals surface area contributed by atoms with Gasteiger partial charge in [-0.2, -0.15) is 0 Å². The first-order valence-corrected chi connectivity index (χ1v) is 7.17. The normalized spacial score (nSPS) is 19.3. The quantitative estimate of drug-likeness (QED) is 0.898. The van der Waals surface area contributed by atoms with E-state index in [2.05, 4.69) is 4.90 Å². The van der Waals surface area contributed by atoms with Crippen LogP contribution in [0.15, 0.2) is 24.3 Å². The van der Waals surface area contributed by atoms with Crippen LogP contribution in [-0.4, -0.2) is 41.7 Å². The Kier molecular flexibility index (Phi) is 4.65. The van der Waals surface area contributed by atoms with Crippen LogP contribution in [0.5, 0.6) is 5.75 Å². The van der Waals surface area contributed by atoms with E-state index in [1.54, 1.807) is 7.11 Å². The van der Waals surface area contributed by atoms with Crippen molar-refractivity contribution in [1.82, 2.24) is 4.90 Å². The zero-order valence-electron chi connectivity index (χ0n) is 12.3. The third-order valence-corrected chi connectivity index (χ3v) is 4.22. The van der Waals surface area contributed by atoms with E-state index in [-0.39, 0.29) is 0 Å². The molecule has 1 aliphatic heterocycles. The van der Waals surface area contributed by atoms with Crippen molar-refractivity contribution in [3.8, 4) is 5.75 Å². The van der Waals surface area contributed by atoms with Crippen molar-refractivity contribution < 1.29 is 14.6 Å². The van der Waals surface area contributed by atoms with Gasteiger partial charge in [0.05, 0.1) is 7.11 Å². The second-order valence-corrected chi connectivity index (χ2v) is 5.65. The maximum Gasteiger partial charge on any atom is 0.324 e. The zero-order chi connectivity index (χ0) is 14.6. The van der Waals surface area contributed by atoms with Crippen molar-refractivity contribution in [3.05, 3.63) is 29.8 Å². The molecule has 1 aromatic rings. The van der Waals surface area contributed by atoms with Crippen LogP contribution in [0, 0.1) is 0 Å². The fraction of sp³-hybridized carbons (Fsp3) is 0.562. The summed E-state index contributed by atoms with van der Waals surface area (Å²) >= 11 is 0. The minimum atomic E-state index is -0.824. The average Bonchev–Trinajstić information content (AvgIpc) is 2.48. The molecule has 0 bridgehead atoms. The minimum absolute atomic E-state index is 0.520. The van der Waals surface area contributed by atoms with E-state index in [1.807, 2.05) is 31.2 Å². The molecule has 2 rings (SSSR count). The highest BCUT2D eigenvalue weighted by molar-refractivity contribution is 5.78. The van der Waals surface area contributed by atoms with Crippen LogP contribution in [0.4, 0.5) is 0 Å². The summed E-state index contributed by atoms with van der Waals surface area (Å²) in [6.45, 7) is 3.59. The second kappa shape index (κ2) is 6.27. The van der Waals surface area contributed by atoms with Crippen molar-refractivity contribution in [3.63, 3.8) is 0 Å². The largest absolute Gasteiger partial charge is 0.497 e. The van der Waals surface area contributed by atoms with Crippen LogP contribution >= 0.6 is 0 Å². The van der Waals surface area contributed by atoms with Crippen molar-refractivity contribution >= 4 is 5.97 Å². The number of likely N-dealkylation sites (tertiary alicyclic amines) is 1. The van der Waals surface area contributed by atoms with Gasteiger partial charge in [0, 0.05) is 6.42 Å². The predicted molar refractivity (Wildman–Crippen MR) is 78.2 cm³/mol. The molecule has 1 fully saturated rings. The van der Waals surface area contributed by atoms with Crippen LogP contribution in [0.1, 0.15) is 31.7 Å². The number of nitrogens with zero attached hydrogens (tertiary/aromatic N) is 1. The summed E-state index contributed by atoms with van der Waals surface area (Å²) in [7, 11) is 1.63. The van der Waals surface area contributed by atoms with Crippen molar-refractivity contribution in [2.45, 2.75) is 38.1 Å².